The summed E-state index contributed by atoms with van der Waals surface area (Å²) in [7, 11) is -2.23. The molecule has 1 fully saturated rings. The van der Waals surface area contributed by atoms with Gasteiger partial charge >= 0.3 is 5.97 Å². The zero-order valence-corrected chi connectivity index (χ0v) is 15.8. The number of rotatable bonds is 4. The summed E-state index contributed by atoms with van der Waals surface area (Å²) in [5.41, 5.74) is 7.79. The highest BCUT2D eigenvalue weighted by molar-refractivity contribution is 7.89. The minimum atomic E-state index is -3.82. The van der Waals surface area contributed by atoms with Gasteiger partial charge in [0, 0.05) is 19.1 Å². The summed E-state index contributed by atoms with van der Waals surface area (Å²) in [6.07, 6.45) is 4.30. The minimum Gasteiger partial charge on any atom is -0.496 e. The molecule has 1 aromatic rings. The SMILES string of the molecule is COc1ccc(S(=O)(=O)N2C[C@H](N)CC[C@H](C(=O)O)C2)c2c1CCCC2. The second kappa shape index (κ2) is 7.54. The van der Waals surface area contributed by atoms with Gasteiger partial charge in [0.25, 0.3) is 0 Å². The van der Waals surface area contributed by atoms with E-state index in [1.165, 1.54) is 4.31 Å². The first kappa shape index (κ1) is 19.1. The third-order valence-corrected chi connectivity index (χ3v) is 7.30. The summed E-state index contributed by atoms with van der Waals surface area (Å²) in [6, 6.07) is 2.93. The molecule has 0 saturated carbocycles. The van der Waals surface area contributed by atoms with Crippen molar-refractivity contribution in [2.24, 2.45) is 11.7 Å². The van der Waals surface area contributed by atoms with Gasteiger partial charge in [-0.1, -0.05) is 0 Å². The van der Waals surface area contributed by atoms with E-state index in [9.17, 15) is 18.3 Å². The van der Waals surface area contributed by atoms with Crippen LogP contribution in [0.15, 0.2) is 17.0 Å². The quantitative estimate of drug-likeness (QED) is 0.814. The molecule has 1 saturated heterocycles. The van der Waals surface area contributed by atoms with Gasteiger partial charge in [0.1, 0.15) is 5.75 Å². The number of carboxylic acid groups (broad SMARTS) is 1. The van der Waals surface area contributed by atoms with Gasteiger partial charge in [-0.25, -0.2) is 8.42 Å². The summed E-state index contributed by atoms with van der Waals surface area (Å²) < 4.78 is 33.4. The van der Waals surface area contributed by atoms with Crippen LogP contribution in [0.2, 0.25) is 0 Å². The van der Waals surface area contributed by atoms with E-state index in [4.69, 9.17) is 10.5 Å². The molecule has 1 aliphatic heterocycles. The van der Waals surface area contributed by atoms with Crippen LogP contribution in [0.25, 0.3) is 0 Å². The number of hydrogen-bond donors (Lipinski definition) is 2. The van der Waals surface area contributed by atoms with Gasteiger partial charge in [-0.3, -0.25) is 4.79 Å². The lowest BCUT2D eigenvalue weighted by Gasteiger charge is -2.27. The molecule has 0 radical (unpaired) electrons. The van der Waals surface area contributed by atoms with Crippen molar-refractivity contribution in [3.63, 3.8) is 0 Å². The average molecular weight is 382 g/mol. The van der Waals surface area contributed by atoms with Crippen LogP contribution < -0.4 is 10.5 Å². The van der Waals surface area contributed by atoms with Crippen LogP contribution in [-0.4, -0.2) is 50.0 Å². The molecule has 1 heterocycles. The number of nitrogens with zero attached hydrogens (tertiary/aromatic N) is 1. The van der Waals surface area contributed by atoms with Crippen LogP contribution in [-0.2, 0) is 27.7 Å². The predicted molar refractivity (Wildman–Crippen MR) is 96.7 cm³/mol. The van der Waals surface area contributed by atoms with E-state index in [0.29, 0.717) is 19.3 Å². The van der Waals surface area contributed by atoms with Crippen molar-refractivity contribution in [1.82, 2.24) is 4.31 Å². The highest BCUT2D eigenvalue weighted by Crippen LogP contribution is 2.36. The Labute approximate surface area is 154 Å². The second-order valence-electron chi connectivity index (χ2n) is 7.12. The van der Waals surface area contributed by atoms with E-state index in [2.05, 4.69) is 0 Å². The van der Waals surface area contributed by atoms with Gasteiger partial charge < -0.3 is 15.6 Å². The summed E-state index contributed by atoms with van der Waals surface area (Å²) in [4.78, 5) is 11.7. The molecule has 1 aromatic carbocycles. The van der Waals surface area contributed by atoms with E-state index < -0.39 is 21.9 Å². The van der Waals surface area contributed by atoms with E-state index >= 15 is 0 Å². The topological polar surface area (TPSA) is 110 Å². The van der Waals surface area contributed by atoms with Crippen molar-refractivity contribution in [3.8, 4) is 5.75 Å². The lowest BCUT2D eigenvalue weighted by atomic mass is 9.91. The van der Waals surface area contributed by atoms with E-state index in [0.717, 1.165) is 36.1 Å². The van der Waals surface area contributed by atoms with Gasteiger partial charge in [0.15, 0.2) is 0 Å². The molecule has 0 unspecified atom stereocenters. The molecule has 2 aliphatic rings. The number of benzene rings is 1. The van der Waals surface area contributed by atoms with Crippen LogP contribution >= 0.6 is 0 Å². The zero-order valence-electron chi connectivity index (χ0n) is 15.0. The molecule has 26 heavy (non-hydrogen) atoms. The molecule has 3 rings (SSSR count). The van der Waals surface area contributed by atoms with Crippen LogP contribution in [0, 0.1) is 5.92 Å². The molecule has 0 aromatic heterocycles. The Morgan fingerprint density at radius 2 is 1.88 bits per heavy atom. The summed E-state index contributed by atoms with van der Waals surface area (Å²) >= 11 is 0. The van der Waals surface area contributed by atoms with Gasteiger partial charge in [0.05, 0.1) is 17.9 Å². The normalized spacial score (nSPS) is 24.5. The first-order valence-corrected chi connectivity index (χ1v) is 10.5. The summed E-state index contributed by atoms with van der Waals surface area (Å²) in [5, 5.41) is 9.39. The number of methoxy groups -OCH3 is 1. The van der Waals surface area contributed by atoms with Crippen LogP contribution in [0.1, 0.15) is 36.8 Å². The lowest BCUT2D eigenvalue weighted by Crippen LogP contribution is -2.42. The Hall–Kier alpha value is -1.64. The predicted octanol–water partition coefficient (Wildman–Crippen LogP) is 1.39. The molecule has 0 spiro atoms. The van der Waals surface area contributed by atoms with Crippen molar-refractivity contribution in [3.05, 3.63) is 23.3 Å². The fraction of sp³-hybridized carbons (Fsp3) is 0.611. The second-order valence-corrected chi connectivity index (χ2v) is 9.03. The number of ether oxygens (including phenoxy) is 1. The van der Waals surface area contributed by atoms with Crippen molar-refractivity contribution >= 4 is 16.0 Å². The lowest BCUT2D eigenvalue weighted by molar-refractivity contribution is -0.142. The van der Waals surface area contributed by atoms with E-state index in [1.54, 1.807) is 19.2 Å². The number of hydrogen-bond acceptors (Lipinski definition) is 5. The molecule has 7 nitrogen and oxygen atoms in total. The maximum Gasteiger partial charge on any atom is 0.307 e. The molecule has 8 heteroatoms. The number of aliphatic carboxylic acids is 1. The van der Waals surface area contributed by atoms with Crippen molar-refractivity contribution in [2.75, 3.05) is 20.2 Å². The summed E-state index contributed by atoms with van der Waals surface area (Å²) in [6.45, 7) is 0.110. The fourth-order valence-electron chi connectivity index (χ4n) is 3.95. The Kier molecular flexibility index (Phi) is 5.55. The van der Waals surface area contributed by atoms with E-state index in [1.807, 2.05) is 0 Å². The fourth-order valence-corrected chi connectivity index (χ4v) is 5.77. The third kappa shape index (κ3) is 3.58. The van der Waals surface area contributed by atoms with Crippen molar-refractivity contribution < 1.29 is 23.1 Å². The highest BCUT2D eigenvalue weighted by atomic mass is 32.2. The Bertz CT molecular complexity index is 793. The highest BCUT2D eigenvalue weighted by Gasteiger charge is 2.36. The van der Waals surface area contributed by atoms with Gasteiger partial charge in [0.2, 0.25) is 10.0 Å². The number of carbonyl (C=O) groups is 1. The molecular weight excluding hydrogens is 356 g/mol. The average Bonchev–Trinajstić information content (AvgIpc) is 2.83. The molecule has 0 bridgehead atoms. The molecule has 1 aliphatic carbocycles. The van der Waals surface area contributed by atoms with Gasteiger partial charge in [-0.15, -0.1) is 0 Å². The largest absolute Gasteiger partial charge is 0.496 e. The standard InChI is InChI=1S/C18H26N2O5S/c1-25-16-8-9-17(15-5-3-2-4-14(15)16)26(23,24)20-10-12(18(21)22)6-7-13(19)11-20/h8-9,12-13H,2-7,10-11,19H2,1H3,(H,21,22)/t12-,13+/m0/s1. The first-order valence-electron chi connectivity index (χ1n) is 9.02. The van der Waals surface area contributed by atoms with Crippen molar-refractivity contribution in [1.29, 1.82) is 0 Å². The third-order valence-electron chi connectivity index (χ3n) is 5.38. The molecular formula is C18H26N2O5S. The maximum absolute atomic E-state index is 13.4. The molecule has 0 amide bonds. The Morgan fingerprint density at radius 1 is 1.19 bits per heavy atom. The number of fused-ring (bicyclic) bond motifs is 1. The first-order chi connectivity index (χ1) is 12.3. The Balaban J connectivity index is 2.03. The number of carboxylic acids is 1. The summed E-state index contributed by atoms with van der Waals surface area (Å²) in [5.74, 6) is -0.988. The maximum atomic E-state index is 13.4. The van der Waals surface area contributed by atoms with E-state index in [-0.39, 0.29) is 24.0 Å². The minimum absolute atomic E-state index is 0.0355. The van der Waals surface area contributed by atoms with Gasteiger partial charge in [-0.2, -0.15) is 4.31 Å². The van der Waals surface area contributed by atoms with Crippen molar-refractivity contribution in [2.45, 2.75) is 49.5 Å². The molecule has 2 atom stereocenters. The molecule has 3 N–H and O–H groups in total. The van der Waals surface area contributed by atoms with Crippen LogP contribution in [0.4, 0.5) is 0 Å². The van der Waals surface area contributed by atoms with Crippen LogP contribution in [0.3, 0.4) is 0 Å². The Morgan fingerprint density at radius 3 is 2.54 bits per heavy atom. The van der Waals surface area contributed by atoms with Gasteiger partial charge in [-0.05, 0) is 61.8 Å². The van der Waals surface area contributed by atoms with Crippen LogP contribution in [0.5, 0.6) is 5.75 Å². The number of sulfonamides is 1. The monoisotopic (exact) mass is 382 g/mol. The smallest absolute Gasteiger partial charge is 0.307 e. The molecule has 144 valence electrons. The number of nitrogens with two attached hydrogens (primary N) is 1. The zero-order chi connectivity index (χ0) is 18.9.